The van der Waals surface area contributed by atoms with Crippen molar-refractivity contribution in [3.05, 3.63) is 0 Å². The van der Waals surface area contributed by atoms with Crippen LogP contribution < -0.4 is 0 Å². The van der Waals surface area contributed by atoms with Crippen molar-refractivity contribution in [2.45, 2.75) is 123 Å². The first-order valence-corrected chi connectivity index (χ1v) is 16.1. The Balaban J connectivity index is 4.01. The fourth-order valence-electron chi connectivity index (χ4n) is 2.20. The normalized spacial score (nSPS) is 15.2. The van der Waals surface area contributed by atoms with Gasteiger partial charge in [-0.2, -0.15) is 0 Å². The van der Waals surface area contributed by atoms with Crippen LogP contribution in [-0.4, -0.2) is 35.1 Å². The Kier molecular flexibility index (Phi) is 10.00. The van der Waals surface area contributed by atoms with Crippen molar-refractivity contribution in [3.8, 4) is 0 Å². The molecule has 0 N–H and O–H groups in total. The molecule has 0 rings (SSSR count). The van der Waals surface area contributed by atoms with E-state index in [-0.39, 0.29) is 16.2 Å². The highest BCUT2D eigenvalue weighted by atomic mass is 28.4. The van der Waals surface area contributed by atoms with Crippen LogP contribution in [0.5, 0.6) is 0 Å². The summed E-state index contributed by atoms with van der Waals surface area (Å²) in [7, 11) is -3.38. The molecule has 26 heavy (non-hydrogen) atoms. The zero-order valence-electron chi connectivity index (χ0n) is 19.5. The molecule has 0 fully saturated rings. The third-order valence-corrected chi connectivity index (χ3v) is 15.4. The molecule has 0 unspecified atom stereocenters. The van der Waals surface area contributed by atoms with E-state index < -0.39 is 16.6 Å². The Morgan fingerprint density at radius 1 is 0.846 bits per heavy atom. The van der Waals surface area contributed by atoms with Crippen LogP contribution in [0.15, 0.2) is 0 Å². The van der Waals surface area contributed by atoms with Gasteiger partial charge in [0.25, 0.3) is 0 Å². The highest BCUT2D eigenvalue weighted by molar-refractivity contribution is 6.74. The average molecular weight is 403 g/mol. The monoisotopic (exact) mass is 402 g/mol. The predicted octanol–water partition coefficient (Wildman–Crippen LogP) is 6.94. The zero-order valence-corrected chi connectivity index (χ0v) is 21.5. The molecule has 0 aliphatic rings. The summed E-state index contributed by atoms with van der Waals surface area (Å²) in [6.07, 6.45) is 4.24. The molecule has 0 heterocycles. The summed E-state index contributed by atoms with van der Waals surface area (Å²) in [4.78, 5) is 12.2. The average Bonchev–Trinajstić information content (AvgIpc) is 2.41. The molecule has 0 bridgehead atoms. The van der Waals surface area contributed by atoms with Gasteiger partial charge in [-0.15, -0.1) is 0 Å². The standard InChI is InChI=1S/C21H46O3Si2/c1-18(24-26(10,11)21(5,6)7)15-16-19(22)14-12-13-17-23-25(8,9)20(2,3)4/h18H,12-17H2,1-11H3/t18-/m1/s1. The lowest BCUT2D eigenvalue weighted by atomic mass is 10.1. The second-order valence-corrected chi connectivity index (χ2v) is 20.4. The van der Waals surface area contributed by atoms with Gasteiger partial charge in [0, 0.05) is 25.6 Å². The summed E-state index contributed by atoms with van der Waals surface area (Å²) >= 11 is 0. The van der Waals surface area contributed by atoms with Crippen LogP contribution in [0.2, 0.25) is 36.3 Å². The van der Waals surface area contributed by atoms with Crippen molar-refractivity contribution in [3.63, 3.8) is 0 Å². The SMILES string of the molecule is C[C@H](CCC(=O)CCCCO[Si](C)(C)C(C)(C)C)O[Si](C)(C)C(C)(C)C. The van der Waals surface area contributed by atoms with Gasteiger partial charge in [-0.1, -0.05) is 41.5 Å². The van der Waals surface area contributed by atoms with Crippen molar-refractivity contribution < 1.29 is 13.6 Å². The van der Waals surface area contributed by atoms with E-state index in [1.54, 1.807) is 0 Å². The van der Waals surface area contributed by atoms with E-state index in [4.69, 9.17) is 8.85 Å². The van der Waals surface area contributed by atoms with Crippen molar-refractivity contribution in [1.29, 1.82) is 0 Å². The summed E-state index contributed by atoms with van der Waals surface area (Å²) in [5.74, 6) is 0.364. The van der Waals surface area contributed by atoms with Crippen LogP contribution in [-0.2, 0) is 13.6 Å². The van der Waals surface area contributed by atoms with Gasteiger partial charge in [0.05, 0.1) is 0 Å². The number of carbonyl (C=O) groups is 1. The third-order valence-electron chi connectivity index (χ3n) is 6.25. The van der Waals surface area contributed by atoms with E-state index >= 15 is 0 Å². The topological polar surface area (TPSA) is 35.5 Å². The van der Waals surface area contributed by atoms with Crippen molar-refractivity contribution in [1.82, 2.24) is 0 Å². The molecule has 0 aliphatic carbocycles. The zero-order chi connectivity index (χ0) is 20.8. The molecule has 0 aliphatic heterocycles. The lowest BCUT2D eigenvalue weighted by molar-refractivity contribution is -0.119. The lowest BCUT2D eigenvalue weighted by Gasteiger charge is -2.38. The molecule has 3 nitrogen and oxygen atoms in total. The summed E-state index contributed by atoms with van der Waals surface area (Å²) in [6.45, 7) is 25.5. The highest BCUT2D eigenvalue weighted by Gasteiger charge is 2.38. The minimum atomic E-state index is -1.73. The van der Waals surface area contributed by atoms with Gasteiger partial charge in [0.1, 0.15) is 5.78 Å². The first-order chi connectivity index (χ1) is 11.5. The molecular weight excluding hydrogens is 356 g/mol. The Hall–Kier alpha value is 0.0238. The summed E-state index contributed by atoms with van der Waals surface area (Å²) in [5, 5.41) is 0.471. The number of Topliss-reactive ketones (excluding diaryl/α,β-unsaturated/α-hetero) is 1. The van der Waals surface area contributed by atoms with Crippen LogP contribution >= 0.6 is 0 Å². The quantitative estimate of drug-likeness (QED) is 0.277. The Bertz CT molecular complexity index is 432. The predicted molar refractivity (Wildman–Crippen MR) is 119 cm³/mol. The Labute approximate surface area is 165 Å². The smallest absolute Gasteiger partial charge is 0.192 e. The van der Waals surface area contributed by atoms with Gasteiger partial charge in [-0.3, -0.25) is 4.79 Å². The molecule has 0 amide bonds. The van der Waals surface area contributed by atoms with Crippen molar-refractivity contribution in [2.24, 2.45) is 0 Å². The van der Waals surface area contributed by atoms with Gasteiger partial charge in [-0.05, 0) is 62.5 Å². The number of rotatable bonds is 11. The minimum Gasteiger partial charge on any atom is -0.417 e. The number of ketones is 1. The van der Waals surface area contributed by atoms with E-state index in [9.17, 15) is 4.79 Å². The summed E-state index contributed by atoms with van der Waals surface area (Å²) in [6, 6.07) is 0. The molecule has 0 saturated carbocycles. The number of hydrogen-bond donors (Lipinski definition) is 0. The summed E-state index contributed by atoms with van der Waals surface area (Å²) in [5.41, 5.74) is 0. The van der Waals surface area contributed by atoms with E-state index in [2.05, 4.69) is 74.7 Å². The molecule has 0 aromatic heterocycles. The number of hydrogen-bond acceptors (Lipinski definition) is 3. The maximum atomic E-state index is 12.2. The van der Waals surface area contributed by atoms with Gasteiger partial charge in [0.2, 0.25) is 0 Å². The maximum Gasteiger partial charge on any atom is 0.192 e. The molecular formula is C21H46O3Si2. The van der Waals surface area contributed by atoms with Crippen LogP contribution in [0.3, 0.4) is 0 Å². The largest absolute Gasteiger partial charge is 0.417 e. The highest BCUT2D eigenvalue weighted by Crippen LogP contribution is 2.38. The third kappa shape index (κ3) is 9.29. The summed E-state index contributed by atoms with van der Waals surface area (Å²) < 4.78 is 12.5. The molecule has 0 radical (unpaired) electrons. The molecule has 0 aromatic carbocycles. The minimum absolute atomic E-state index is 0.168. The maximum absolute atomic E-state index is 12.2. The van der Waals surface area contributed by atoms with Crippen molar-refractivity contribution >= 4 is 22.4 Å². The van der Waals surface area contributed by atoms with Crippen LogP contribution in [0, 0.1) is 0 Å². The first-order valence-electron chi connectivity index (χ1n) is 10.3. The van der Waals surface area contributed by atoms with E-state index in [1.807, 2.05) is 0 Å². The molecule has 0 aromatic rings. The Morgan fingerprint density at radius 3 is 1.81 bits per heavy atom. The van der Waals surface area contributed by atoms with Crippen molar-refractivity contribution in [2.75, 3.05) is 6.61 Å². The number of unbranched alkanes of at least 4 members (excludes halogenated alkanes) is 1. The second kappa shape index (κ2) is 9.99. The van der Waals surface area contributed by atoms with Crippen LogP contribution in [0.25, 0.3) is 0 Å². The van der Waals surface area contributed by atoms with Gasteiger partial charge in [-0.25, -0.2) is 0 Å². The first kappa shape index (κ1) is 26.0. The molecule has 1 atom stereocenters. The molecule has 5 heteroatoms. The fraction of sp³-hybridized carbons (Fsp3) is 0.952. The fourth-order valence-corrected chi connectivity index (χ4v) is 4.76. The molecule has 156 valence electrons. The van der Waals surface area contributed by atoms with Gasteiger partial charge in [0.15, 0.2) is 16.6 Å². The number of carbonyl (C=O) groups excluding carboxylic acids is 1. The van der Waals surface area contributed by atoms with Gasteiger partial charge < -0.3 is 8.85 Å². The second-order valence-electron chi connectivity index (χ2n) is 10.8. The van der Waals surface area contributed by atoms with E-state index in [0.717, 1.165) is 25.9 Å². The van der Waals surface area contributed by atoms with E-state index in [0.29, 0.717) is 18.6 Å². The lowest BCUT2D eigenvalue weighted by Crippen LogP contribution is -2.43. The molecule has 0 spiro atoms. The van der Waals surface area contributed by atoms with Crippen LogP contribution in [0.4, 0.5) is 0 Å². The Morgan fingerprint density at radius 2 is 1.35 bits per heavy atom. The van der Waals surface area contributed by atoms with Crippen LogP contribution in [0.1, 0.15) is 80.6 Å². The van der Waals surface area contributed by atoms with E-state index in [1.165, 1.54) is 0 Å². The van der Waals surface area contributed by atoms with Gasteiger partial charge >= 0.3 is 0 Å². The molecule has 0 saturated heterocycles.